The van der Waals surface area contributed by atoms with E-state index in [9.17, 15) is 4.79 Å². The van der Waals surface area contributed by atoms with Gasteiger partial charge in [-0.2, -0.15) is 0 Å². The third kappa shape index (κ3) is 3.47. The second-order valence-electron chi connectivity index (χ2n) is 7.34. The van der Waals surface area contributed by atoms with Gasteiger partial charge in [-0.1, -0.05) is 26.0 Å². The number of rotatable bonds is 4. The lowest BCUT2D eigenvalue weighted by atomic mass is 9.86. The lowest BCUT2D eigenvalue weighted by molar-refractivity contribution is 0.0337. The quantitative estimate of drug-likeness (QED) is 0.893. The predicted octanol–water partition coefficient (Wildman–Crippen LogP) is 2.90. The van der Waals surface area contributed by atoms with Crippen LogP contribution in [0, 0.1) is 0 Å². The van der Waals surface area contributed by atoms with Crippen molar-refractivity contribution in [1.82, 2.24) is 9.88 Å². The summed E-state index contributed by atoms with van der Waals surface area (Å²) in [6.45, 7) is 9.00. The standard InChI is InChI=1S/C19H23N3O3S/c1-19(2)12-25-16-14(4-3-5-15(16)19)17(23)21-18-20-13(11-26-18)10-22-6-8-24-9-7-22/h3-5,11H,6-10,12H2,1-2H3,(H,20,21,23). The Bertz CT molecular complexity index is 812. The van der Waals surface area contributed by atoms with Crippen LogP contribution in [0.1, 0.15) is 35.5 Å². The maximum Gasteiger partial charge on any atom is 0.261 e. The maximum absolute atomic E-state index is 12.7. The fourth-order valence-corrected chi connectivity index (χ4v) is 4.02. The van der Waals surface area contributed by atoms with Crippen LogP contribution in [0.3, 0.4) is 0 Å². The molecule has 4 rings (SSSR count). The van der Waals surface area contributed by atoms with Gasteiger partial charge in [0.15, 0.2) is 5.13 Å². The molecule has 1 aromatic heterocycles. The zero-order chi connectivity index (χ0) is 18.1. The first-order valence-corrected chi connectivity index (χ1v) is 9.73. The summed E-state index contributed by atoms with van der Waals surface area (Å²) < 4.78 is 11.2. The number of ether oxygens (including phenoxy) is 2. The van der Waals surface area contributed by atoms with Gasteiger partial charge in [0.2, 0.25) is 0 Å². The Balaban J connectivity index is 1.45. The average molecular weight is 373 g/mol. The third-order valence-corrected chi connectivity index (χ3v) is 5.63. The van der Waals surface area contributed by atoms with Crippen molar-refractivity contribution in [3.63, 3.8) is 0 Å². The molecule has 1 saturated heterocycles. The van der Waals surface area contributed by atoms with E-state index in [-0.39, 0.29) is 11.3 Å². The molecule has 2 aromatic rings. The normalized spacial score (nSPS) is 19.0. The average Bonchev–Trinajstić information content (AvgIpc) is 3.20. The van der Waals surface area contributed by atoms with E-state index in [2.05, 4.69) is 29.0 Å². The summed E-state index contributed by atoms with van der Waals surface area (Å²) in [5.74, 6) is 0.520. The van der Waals surface area contributed by atoms with Crippen LogP contribution in [0.5, 0.6) is 5.75 Å². The summed E-state index contributed by atoms with van der Waals surface area (Å²) in [5.41, 5.74) is 2.55. The minimum atomic E-state index is -0.174. The number of thiazole rings is 1. The van der Waals surface area contributed by atoms with Crippen molar-refractivity contribution in [3.8, 4) is 5.75 Å². The molecule has 26 heavy (non-hydrogen) atoms. The molecule has 2 aliphatic rings. The fraction of sp³-hybridized carbons (Fsp3) is 0.474. The van der Waals surface area contributed by atoms with E-state index >= 15 is 0 Å². The van der Waals surface area contributed by atoms with Crippen molar-refractivity contribution in [1.29, 1.82) is 0 Å². The molecule has 0 saturated carbocycles. The van der Waals surface area contributed by atoms with E-state index < -0.39 is 0 Å². The molecule has 0 spiro atoms. The summed E-state index contributed by atoms with van der Waals surface area (Å²) in [4.78, 5) is 19.6. The maximum atomic E-state index is 12.7. The van der Waals surface area contributed by atoms with Crippen LogP contribution in [-0.4, -0.2) is 48.7 Å². The van der Waals surface area contributed by atoms with Crippen LogP contribution in [0.4, 0.5) is 5.13 Å². The number of nitrogens with zero attached hydrogens (tertiary/aromatic N) is 2. The highest BCUT2D eigenvalue weighted by molar-refractivity contribution is 7.14. The van der Waals surface area contributed by atoms with Gasteiger partial charge in [-0.05, 0) is 6.07 Å². The highest BCUT2D eigenvalue weighted by Gasteiger charge is 2.34. The van der Waals surface area contributed by atoms with Gasteiger partial charge in [0.05, 0.1) is 31.1 Å². The molecule has 0 aliphatic carbocycles. The molecule has 1 amide bonds. The predicted molar refractivity (Wildman–Crippen MR) is 101 cm³/mol. The first-order valence-electron chi connectivity index (χ1n) is 8.85. The molecule has 0 unspecified atom stereocenters. The number of nitrogens with one attached hydrogen (secondary N) is 1. The number of hydrogen-bond donors (Lipinski definition) is 1. The van der Waals surface area contributed by atoms with E-state index in [4.69, 9.17) is 9.47 Å². The molecule has 7 heteroatoms. The number of hydrogen-bond acceptors (Lipinski definition) is 6. The van der Waals surface area contributed by atoms with Crippen molar-refractivity contribution in [2.45, 2.75) is 25.8 Å². The Kier molecular flexibility index (Phi) is 4.69. The van der Waals surface area contributed by atoms with Crippen molar-refractivity contribution in [2.75, 3.05) is 38.2 Å². The summed E-state index contributed by atoms with van der Waals surface area (Å²) in [6.07, 6.45) is 0. The zero-order valence-corrected chi connectivity index (χ0v) is 15.9. The van der Waals surface area contributed by atoms with Crippen molar-refractivity contribution in [3.05, 3.63) is 40.4 Å². The molecule has 6 nitrogen and oxygen atoms in total. The van der Waals surface area contributed by atoms with Crippen LogP contribution in [0.2, 0.25) is 0 Å². The largest absolute Gasteiger partial charge is 0.492 e. The van der Waals surface area contributed by atoms with Gasteiger partial charge in [-0.3, -0.25) is 15.0 Å². The Hall–Kier alpha value is -1.96. The summed E-state index contributed by atoms with van der Waals surface area (Å²) in [6, 6.07) is 5.75. The first-order chi connectivity index (χ1) is 12.5. The van der Waals surface area contributed by atoms with Crippen LogP contribution >= 0.6 is 11.3 Å². The monoisotopic (exact) mass is 373 g/mol. The zero-order valence-electron chi connectivity index (χ0n) is 15.1. The van der Waals surface area contributed by atoms with Gasteiger partial charge >= 0.3 is 0 Å². The Morgan fingerprint density at radius 1 is 1.35 bits per heavy atom. The molecule has 1 fully saturated rings. The Labute approximate surface area is 157 Å². The van der Waals surface area contributed by atoms with E-state index in [1.165, 1.54) is 11.3 Å². The molecule has 1 N–H and O–H groups in total. The van der Waals surface area contributed by atoms with Crippen molar-refractivity contribution < 1.29 is 14.3 Å². The van der Waals surface area contributed by atoms with Gasteiger partial charge in [-0.15, -0.1) is 11.3 Å². The minimum Gasteiger partial charge on any atom is -0.492 e. The van der Waals surface area contributed by atoms with E-state index in [1.54, 1.807) is 6.07 Å². The number of amides is 1. The van der Waals surface area contributed by atoms with E-state index in [0.717, 1.165) is 44.1 Å². The molecule has 0 radical (unpaired) electrons. The molecule has 0 bridgehead atoms. The summed E-state index contributed by atoms with van der Waals surface area (Å²) in [5, 5.41) is 5.54. The SMILES string of the molecule is CC1(C)COc2c(C(=O)Nc3nc(CN4CCOCC4)cs3)cccc21. The highest BCUT2D eigenvalue weighted by Crippen LogP contribution is 2.40. The van der Waals surface area contributed by atoms with Crippen LogP contribution in [0.25, 0.3) is 0 Å². The number of para-hydroxylation sites is 1. The minimum absolute atomic E-state index is 0.0713. The molecule has 2 aliphatic heterocycles. The number of carbonyl (C=O) groups excluding carboxylic acids is 1. The van der Waals surface area contributed by atoms with Crippen LogP contribution in [-0.2, 0) is 16.7 Å². The van der Waals surface area contributed by atoms with Crippen LogP contribution in [0.15, 0.2) is 23.6 Å². The number of fused-ring (bicyclic) bond motifs is 1. The summed E-state index contributed by atoms with van der Waals surface area (Å²) in [7, 11) is 0. The number of aromatic nitrogens is 1. The summed E-state index contributed by atoms with van der Waals surface area (Å²) >= 11 is 1.45. The van der Waals surface area contributed by atoms with Crippen LogP contribution < -0.4 is 10.1 Å². The second kappa shape index (κ2) is 6.98. The fourth-order valence-electron chi connectivity index (χ4n) is 3.32. The van der Waals surface area contributed by atoms with Gasteiger partial charge < -0.3 is 9.47 Å². The molecule has 0 atom stereocenters. The topological polar surface area (TPSA) is 63.7 Å². The molecular formula is C19H23N3O3S. The molecule has 138 valence electrons. The lowest BCUT2D eigenvalue weighted by Gasteiger charge is -2.25. The lowest BCUT2D eigenvalue weighted by Crippen LogP contribution is -2.35. The van der Waals surface area contributed by atoms with Gasteiger partial charge in [0.1, 0.15) is 5.75 Å². The Morgan fingerprint density at radius 3 is 2.96 bits per heavy atom. The first kappa shape index (κ1) is 17.5. The third-order valence-electron chi connectivity index (χ3n) is 4.83. The molecule has 3 heterocycles. The van der Waals surface area contributed by atoms with Gasteiger partial charge in [0.25, 0.3) is 5.91 Å². The smallest absolute Gasteiger partial charge is 0.261 e. The van der Waals surface area contributed by atoms with Gasteiger partial charge in [-0.25, -0.2) is 4.98 Å². The van der Waals surface area contributed by atoms with Crippen molar-refractivity contribution >= 4 is 22.4 Å². The number of morpholine rings is 1. The van der Waals surface area contributed by atoms with Crippen molar-refractivity contribution in [2.24, 2.45) is 0 Å². The van der Waals surface area contributed by atoms with Gasteiger partial charge in [0, 0.05) is 36.0 Å². The Morgan fingerprint density at radius 2 is 2.15 bits per heavy atom. The number of carbonyl (C=O) groups is 1. The number of benzene rings is 1. The highest BCUT2D eigenvalue weighted by atomic mass is 32.1. The second-order valence-corrected chi connectivity index (χ2v) is 8.20. The molecule has 1 aromatic carbocycles. The van der Waals surface area contributed by atoms with E-state index in [1.807, 2.05) is 17.5 Å². The van der Waals surface area contributed by atoms with E-state index in [0.29, 0.717) is 23.1 Å². The molecular weight excluding hydrogens is 350 g/mol. The number of anilines is 1.